The monoisotopic (exact) mass is 207 g/mol. The first kappa shape index (κ1) is 9.67. The summed E-state index contributed by atoms with van der Waals surface area (Å²) in [4.78, 5) is 21.0. The lowest BCUT2D eigenvalue weighted by Crippen LogP contribution is -2.07. The van der Waals surface area contributed by atoms with Crippen molar-refractivity contribution in [3.63, 3.8) is 0 Å². The first-order chi connectivity index (χ1) is 7.33. The third-order valence-electron chi connectivity index (χ3n) is 1.99. The second-order valence-corrected chi connectivity index (χ2v) is 2.84. The molecule has 1 atom stereocenters. The number of esters is 1. The van der Waals surface area contributed by atoms with E-state index in [-0.39, 0.29) is 6.79 Å². The summed E-state index contributed by atoms with van der Waals surface area (Å²) in [6.45, 7) is 0.915. The molecule has 1 unspecified atom stereocenters. The Morgan fingerprint density at radius 3 is 3.00 bits per heavy atom. The molecule has 5 nitrogen and oxygen atoms in total. The SMILES string of the molecule is O=[C]OCOC1OC(=O)c2ccccc21. The van der Waals surface area contributed by atoms with Gasteiger partial charge in [-0.05, 0) is 6.07 Å². The molecular formula is C10H7O5. The molecule has 2 rings (SSSR count). The second-order valence-electron chi connectivity index (χ2n) is 2.84. The summed E-state index contributed by atoms with van der Waals surface area (Å²) in [5.74, 6) is -0.439. The molecule has 0 spiro atoms. The van der Waals surface area contributed by atoms with Gasteiger partial charge in [-0.25, -0.2) is 9.59 Å². The summed E-state index contributed by atoms with van der Waals surface area (Å²) in [6, 6.07) is 6.87. The van der Waals surface area contributed by atoms with Crippen molar-refractivity contribution >= 4 is 12.4 Å². The normalized spacial score (nSPS) is 18.1. The Morgan fingerprint density at radius 2 is 2.20 bits per heavy atom. The lowest BCUT2D eigenvalue weighted by Gasteiger charge is -2.09. The van der Waals surface area contributed by atoms with Crippen LogP contribution in [0.25, 0.3) is 0 Å². The Morgan fingerprint density at radius 1 is 1.40 bits per heavy atom. The lowest BCUT2D eigenvalue weighted by atomic mass is 10.1. The third-order valence-corrected chi connectivity index (χ3v) is 1.99. The van der Waals surface area contributed by atoms with Crippen LogP contribution in [0.5, 0.6) is 0 Å². The van der Waals surface area contributed by atoms with Crippen LogP contribution in [0.3, 0.4) is 0 Å². The van der Waals surface area contributed by atoms with Crippen molar-refractivity contribution in [2.75, 3.05) is 6.79 Å². The molecule has 0 bridgehead atoms. The Kier molecular flexibility index (Phi) is 2.64. The summed E-state index contributed by atoms with van der Waals surface area (Å²) >= 11 is 0. The highest BCUT2D eigenvalue weighted by atomic mass is 16.8. The van der Waals surface area contributed by atoms with E-state index in [0.717, 1.165) is 0 Å². The van der Waals surface area contributed by atoms with Crippen LogP contribution in [0.1, 0.15) is 22.2 Å². The van der Waals surface area contributed by atoms with Crippen LogP contribution >= 0.6 is 0 Å². The lowest BCUT2D eigenvalue weighted by molar-refractivity contribution is -0.146. The summed E-state index contributed by atoms with van der Waals surface area (Å²) in [7, 11) is 0. The van der Waals surface area contributed by atoms with Gasteiger partial charge in [0.15, 0.2) is 6.79 Å². The van der Waals surface area contributed by atoms with Gasteiger partial charge in [0, 0.05) is 5.56 Å². The number of carbonyl (C=O) groups is 1. The van der Waals surface area contributed by atoms with Crippen LogP contribution in [0, 0.1) is 0 Å². The number of rotatable bonds is 4. The zero-order valence-electron chi connectivity index (χ0n) is 7.64. The van der Waals surface area contributed by atoms with Gasteiger partial charge in [0.1, 0.15) is 0 Å². The largest absolute Gasteiger partial charge is 0.430 e. The van der Waals surface area contributed by atoms with Gasteiger partial charge >= 0.3 is 12.4 Å². The minimum absolute atomic E-state index is 0.296. The number of carbonyl (C=O) groups excluding carboxylic acids is 2. The molecule has 77 valence electrons. The first-order valence-corrected chi connectivity index (χ1v) is 4.23. The van der Waals surface area contributed by atoms with Crippen LogP contribution in [-0.4, -0.2) is 19.2 Å². The van der Waals surface area contributed by atoms with Crippen molar-refractivity contribution in [2.45, 2.75) is 6.29 Å². The quantitative estimate of drug-likeness (QED) is 0.417. The molecule has 0 fully saturated rings. The Bertz CT molecular complexity index is 387. The van der Waals surface area contributed by atoms with E-state index in [1.54, 1.807) is 24.3 Å². The number of cyclic esters (lactones) is 1. The average molecular weight is 207 g/mol. The maximum absolute atomic E-state index is 11.3. The maximum Gasteiger partial charge on any atom is 0.419 e. The molecule has 1 heterocycles. The molecule has 0 aliphatic carbocycles. The van der Waals surface area contributed by atoms with E-state index < -0.39 is 12.3 Å². The van der Waals surface area contributed by atoms with Crippen molar-refractivity contribution in [1.29, 1.82) is 0 Å². The summed E-state index contributed by atoms with van der Waals surface area (Å²) in [5.41, 5.74) is 1.11. The van der Waals surface area contributed by atoms with E-state index in [1.807, 2.05) is 0 Å². The summed E-state index contributed by atoms with van der Waals surface area (Å²) < 4.78 is 14.1. The van der Waals surface area contributed by atoms with Crippen LogP contribution in [0.15, 0.2) is 24.3 Å². The fourth-order valence-corrected chi connectivity index (χ4v) is 1.36. The third kappa shape index (κ3) is 1.82. The fourth-order valence-electron chi connectivity index (χ4n) is 1.36. The molecule has 0 N–H and O–H groups in total. The van der Waals surface area contributed by atoms with Crippen molar-refractivity contribution in [3.05, 3.63) is 35.4 Å². The maximum atomic E-state index is 11.3. The van der Waals surface area contributed by atoms with E-state index in [0.29, 0.717) is 11.1 Å². The smallest absolute Gasteiger partial charge is 0.419 e. The highest BCUT2D eigenvalue weighted by Gasteiger charge is 2.31. The molecule has 0 saturated carbocycles. The van der Waals surface area contributed by atoms with Gasteiger partial charge in [-0.2, -0.15) is 0 Å². The first-order valence-electron chi connectivity index (χ1n) is 4.23. The average Bonchev–Trinajstić information content (AvgIpc) is 2.58. The van der Waals surface area contributed by atoms with Crippen LogP contribution < -0.4 is 0 Å². The molecule has 0 aromatic heterocycles. The Labute approximate surface area is 85.5 Å². The van der Waals surface area contributed by atoms with E-state index in [9.17, 15) is 9.59 Å². The molecule has 0 saturated heterocycles. The predicted molar refractivity (Wildman–Crippen MR) is 47.3 cm³/mol. The van der Waals surface area contributed by atoms with Gasteiger partial charge < -0.3 is 14.2 Å². The van der Waals surface area contributed by atoms with E-state index in [4.69, 9.17) is 9.47 Å². The number of fused-ring (bicyclic) bond motifs is 1. The van der Waals surface area contributed by atoms with Gasteiger partial charge in [-0.1, -0.05) is 18.2 Å². The van der Waals surface area contributed by atoms with E-state index >= 15 is 0 Å². The number of hydrogen-bond acceptors (Lipinski definition) is 5. The van der Waals surface area contributed by atoms with Crippen molar-refractivity contribution in [1.82, 2.24) is 0 Å². The van der Waals surface area contributed by atoms with Gasteiger partial charge in [0.05, 0.1) is 5.56 Å². The molecule has 1 aliphatic rings. The van der Waals surface area contributed by atoms with E-state index in [1.165, 1.54) is 6.47 Å². The zero-order valence-corrected chi connectivity index (χ0v) is 7.64. The molecular weight excluding hydrogens is 200 g/mol. The molecule has 1 aromatic carbocycles. The molecule has 5 heteroatoms. The van der Waals surface area contributed by atoms with Crippen molar-refractivity contribution < 1.29 is 23.8 Å². The predicted octanol–water partition coefficient (Wildman–Crippen LogP) is 0.913. The summed E-state index contributed by atoms with van der Waals surface area (Å²) in [6.07, 6.45) is -0.804. The number of ether oxygens (including phenoxy) is 3. The Balaban J connectivity index is 2.11. The standard InChI is InChI=1S/C10H7O5/c11-5-13-6-14-10-8-4-2-1-3-7(8)9(12)15-10/h1-4,10H,6H2. The van der Waals surface area contributed by atoms with Crippen LogP contribution in [0.2, 0.25) is 0 Å². The minimum Gasteiger partial charge on any atom is -0.430 e. The minimum atomic E-state index is -0.804. The molecule has 1 aliphatic heterocycles. The molecule has 0 amide bonds. The summed E-state index contributed by atoms with van der Waals surface area (Å²) in [5, 5.41) is 0. The van der Waals surface area contributed by atoms with Gasteiger partial charge in [-0.15, -0.1) is 0 Å². The number of hydrogen-bond donors (Lipinski definition) is 0. The van der Waals surface area contributed by atoms with Crippen LogP contribution in [0.4, 0.5) is 0 Å². The molecule has 15 heavy (non-hydrogen) atoms. The van der Waals surface area contributed by atoms with Gasteiger partial charge in [0.2, 0.25) is 6.29 Å². The number of benzene rings is 1. The van der Waals surface area contributed by atoms with Crippen molar-refractivity contribution in [2.24, 2.45) is 0 Å². The molecule has 1 aromatic rings. The van der Waals surface area contributed by atoms with Gasteiger partial charge in [-0.3, -0.25) is 0 Å². The fraction of sp³-hybridized carbons (Fsp3) is 0.200. The highest BCUT2D eigenvalue weighted by Crippen LogP contribution is 2.30. The van der Waals surface area contributed by atoms with Crippen molar-refractivity contribution in [3.8, 4) is 0 Å². The topological polar surface area (TPSA) is 61.8 Å². The highest BCUT2D eigenvalue weighted by molar-refractivity contribution is 5.93. The molecule has 1 radical (unpaired) electrons. The van der Waals surface area contributed by atoms with Gasteiger partial charge in [0.25, 0.3) is 0 Å². The zero-order chi connectivity index (χ0) is 10.7. The second kappa shape index (κ2) is 4.10. The van der Waals surface area contributed by atoms with Crippen LogP contribution in [-0.2, 0) is 19.0 Å². The van der Waals surface area contributed by atoms with E-state index in [2.05, 4.69) is 4.74 Å². The Hall–Kier alpha value is -1.88.